The van der Waals surface area contributed by atoms with Gasteiger partial charge in [-0.1, -0.05) is 60.7 Å². The molecule has 0 aromatic heterocycles. The summed E-state index contributed by atoms with van der Waals surface area (Å²) in [7, 11) is -2.53. The molecule has 25 heavy (non-hydrogen) atoms. The summed E-state index contributed by atoms with van der Waals surface area (Å²) in [6.45, 7) is 1.98. The standard InChI is InChI=1S/C18H20N2.H2O4S/c1-20-13-12-19-18(20)14-17(15-8-4-2-5-9-15)16-10-6-3-7-11-16;1-5(2,3)4/h2-11,17H,12-14H2,1H3;(H2,1,2,3,4). The van der Waals surface area contributed by atoms with Gasteiger partial charge in [0.2, 0.25) is 0 Å². The summed E-state index contributed by atoms with van der Waals surface area (Å²) in [5, 5.41) is 0. The number of rotatable bonds is 4. The molecular weight excluding hydrogens is 340 g/mol. The van der Waals surface area contributed by atoms with Crippen molar-refractivity contribution < 1.29 is 17.5 Å². The minimum absolute atomic E-state index is 0.386. The molecule has 0 unspecified atom stereocenters. The molecule has 1 aliphatic rings. The van der Waals surface area contributed by atoms with E-state index in [0.29, 0.717) is 5.92 Å². The molecular formula is C18H22N2O4S. The van der Waals surface area contributed by atoms with Gasteiger partial charge >= 0.3 is 10.4 Å². The van der Waals surface area contributed by atoms with Gasteiger partial charge in [0.25, 0.3) is 0 Å². The van der Waals surface area contributed by atoms with E-state index in [1.54, 1.807) is 0 Å². The van der Waals surface area contributed by atoms with Crippen LogP contribution in [0, 0.1) is 0 Å². The Hall–Kier alpha value is -2.22. The number of nitrogens with zero attached hydrogens (tertiary/aromatic N) is 2. The number of hydrogen-bond donors (Lipinski definition) is 2. The molecule has 0 saturated carbocycles. The van der Waals surface area contributed by atoms with Gasteiger partial charge in [-0.15, -0.1) is 0 Å². The Labute approximate surface area is 148 Å². The zero-order valence-electron chi connectivity index (χ0n) is 14.0. The molecule has 0 atom stereocenters. The third-order valence-corrected chi connectivity index (χ3v) is 3.96. The Morgan fingerprint density at radius 2 is 1.44 bits per heavy atom. The fraction of sp³-hybridized carbons (Fsp3) is 0.278. The monoisotopic (exact) mass is 362 g/mol. The largest absolute Gasteiger partial charge is 0.394 e. The van der Waals surface area contributed by atoms with E-state index in [4.69, 9.17) is 17.5 Å². The molecule has 0 saturated heterocycles. The zero-order chi connectivity index (χ0) is 18.3. The van der Waals surface area contributed by atoms with Crippen molar-refractivity contribution in [1.29, 1.82) is 0 Å². The van der Waals surface area contributed by atoms with Gasteiger partial charge in [-0.05, 0) is 11.1 Å². The highest BCUT2D eigenvalue weighted by Gasteiger charge is 2.20. The fourth-order valence-corrected chi connectivity index (χ4v) is 2.78. The second kappa shape index (κ2) is 8.75. The van der Waals surface area contributed by atoms with E-state index in [1.165, 1.54) is 17.0 Å². The van der Waals surface area contributed by atoms with E-state index < -0.39 is 10.4 Å². The van der Waals surface area contributed by atoms with Crippen LogP contribution >= 0.6 is 0 Å². The van der Waals surface area contributed by atoms with Gasteiger partial charge in [-0.3, -0.25) is 14.1 Å². The van der Waals surface area contributed by atoms with Crippen molar-refractivity contribution in [3.05, 3.63) is 71.8 Å². The predicted molar refractivity (Wildman–Crippen MR) is 98.5 cm³/mol. The summed E-state index contributed by atoms with van der Waals surface area (Å²) in [4.78, 5) is 6.93. The second-order valence-electron chi connectivity index (χ2n) is 5.75. The Morgan fingerprint density at radius 3 is 1.80 bits per heavy atom. The molecule has 134 valence electrons. The van der Waals surface area contributed by atoms with Crippen LogP contribution in [0.3, 0.4) is 0 Å². The van der Waals surface area contributed by atoms with E-state index in [0.717, 1.165) is 19.5 Å². The van der Waals surface area contributed by atoms with E-state index in [1.807, 2.05) is 0 Å². The average Bonchev–Trinajstić information content (AvgIpc) is 2.98. The number of hydrogen-bond acceptors (Lipinski definition) is 4. The van der Waals surface area contributed by atoms with Crippen molar-refractivity contribution in [2.45, 2.75) is 12.3 Å². The predicted octanol–water partition coefficient (Wildman–Crippen LogP) is 2.90. The highest BCUT2D eigenvalue weighted by Crippen LogP contribution is 2.29. The first-order valence-corrected chi connectivity index (χ1v) is 9.28. The minimum atomic E-state index is -4.67. The molecule has 0 amide bonds. The topological polar surface area (TPSA) is 90.2 Å². The first kappa shape index (κ1) is 19.1. The molecule has 0 radical (unpaired) electrons. The van der Waals surface area contributed by atoms with Crippen LogP contribution in [0.15, 0.2) is 65.7 Å². The van der Waals surface area contributed by atoms with Gasteiger partial charge in [0, 0.05) is 25.9 Å². The van der Waals surface area contributed by atoms with Gasteiger partial charge in [-0.25, -0.2) is 0 Å². The van der Waals surface area contributed by atoms with E-state index in [-0.39, 0.29) is 0 Å². The van der Waals surface area contributed by atoms with Gasteiger partial charge in [-0.2, -0.15) is 8.42 Å². The summed E-state index contributed by atoms with van der Waals surface area (Å²) in [5.74, 6) is 1.61. The van der Waals surface area contributed by atoms with Crippen LogP contribution in [-0.2, 0) is 10.4 Å². The van der Waals surface area contributed by atoms with Crippen LogP contribution < -0.4 is 0 Å². The minimum Gasteiger partial charge on any atom is -0.362 e. The lowest BCUT2D eigenvalue weighted by atomic mass is 9.88. The Bertz CT molecular complexity index is 745. The van der Waals surface area contributed by atoms with Crippen LogP contribution in [0.5, 0.6) is 0 Å². The number of aliphatic imine (C=N–C) groups is 1. The van der Waals surface area contributed by atoms with E-state index in [2.05, 4.69) is 77.6 Å². The van der Waals surface area contributed by atoms with Crippen molar-refractivity contribution in [3.63, 3.8) is 0 Å². The van der Waals surface area contributed by atoms with Gasteiger partial charge in [0.15, 0.2) is 0 Å². The second-order valence-corrected chi connectivity index (χ2v) is 6.64. The lowest BCUT2D eigenvalue weighted by molar-refractivity contribution is 0.381. The quantitative estimate of drug-likeness (QED) is 0.816. The third kappa shape index (κ3) is 6.66. The molecule has 1 heterocycles. The summed E-state index contributed by atoms with van der Waals surface area (Å²) in [6, 6.07) is 21.5. The van der Waals surface area contributed by atoms with Crippen LogP contribution in [0.1, 0.15) is 23.5 Å². The third-order valence-electron chi connectivity index (χ3n) is 3.96. The first-order chi connectivity index (χ1) is 11.8. The van der Waals surface area contributed by atoms with Crippen LogP contribution in [0.4, 0.5) is 0 Å². The summed E-state index contributed by atoms with van der Waals surface area (Å²) < 4.78 is 31.6. The van der Waals surface area contributed by atoms with Crippen molar-refractivity contribution in [3.8, 4) is 0 Å². The lowest BCUT2D eigenvalue weighted by Crippen LogP contribution is -2.24. The molecule has 3 rings (SSSR count). The summed E-state index contributed by atoms with van der Waals surface area (Å²) in [5.41, 5.74) is 2.73. The number of amidine groups is 1. The maximum atomic E-state index is 8.74. The number of benzene rings is 2. The van der Waals surface area contributed by atoms with Crippen LogP contribution in [-0.4, -0.2) is 48.4 Å². The van der Waals surface area contributed by atoms with Gasteiger partial charge < -0.3 is 4.90 Å². The molecule has 0 bridgehead atoms. The molecule has 0 spiro atoms. The maximum Gasteiger partial charge on any atom is 0.394 e. The van der Waals surface area contributed by atoms with Crippen molar-refractivity contribution >= 4 is 16.2 Å². The molecule has 6 nitrogen and oxygen atoms in total. The van der Waals surface area contributed by atoms with Crippen LogP contribution in [0.2, 0.25) is 0 Å². The highest BCUT2D eigenvalue weighted by molar-refractivity contribution is 7.79. The molecule has 7 heteroatoms. The number of likely N-dealkylation sites (N-methyl/N-ethyl adjacent to an activating group) is 1. The Kier molecular flexibility index (Phi) is 6.69. The SMILES string of the molecule is CN1CCN=C1CC(c1ccccc1)c1ccccc1.O=S(=O)(O)O. The highest BCUT2D eigenvalue weighted by atomic mass is 32.3. The molecule has 2 aromatic carbocycles. The van der Waals surface area contributed by atoms with Crippen LogP contribution in [0.25, 0.3) is 0 Å². The first-order valence-electron chi connectivity index (χ1n) is 7.89. The molecule has 2 N–H and O–H groups in total. The fourth-order valence-electron chi connectivity index (χ4n) is 2.78. The molecule has 0 fully saturated rings. The van der Waals surface area contributed by atoms with Crippen molar-refractivity contribution in [1.82, 2.24) is 4.90 Å². The Balaban J connectivity index is 0.000000399. The zero-order valence-corrected chi connectivity index (χ0v) is 14.8. The maximum absolute atomic E-state index is 8.74. The van der Waals surface area contributed by atoms with E-state index >= 15 is 0 Å². The van der Waals surface area contributed by atoms with E-state index in [9.17, 15) is 0 Å². The van der Waals surface area contributed by atoms with Gasteiger partial charge in [0.1, 0.15) is 0 Å². The average molecular weight is 362 g/mol. The Morgan fingerprint density at radius 1 is 1.00 bits per heavy atom. The normalized spacial score (nSPS) is 14.1. The van der Waals surface area contributed by atoms with Gasteiger partial charge in [0.05, 0.1) is 12.4 Å². The van der Waals surface area contributed by atoms with Crippen molar-refractivity contribution in [2.75, 3.05) is 20.1 Å². The van der Waals surface area contributed by atoms with Crippen molar-refractivity contribution in [2.24, 2.45) is 4.99 Å². The lowest BCUT2D eigenvalue weighted by Gasteiger charge is -2.21. The molecule has 0 aliphatic carbocycles. The summed E-state index contributed by atoms with van der Waals surface area (Å²) >= 11 is 0. The smallest absolute Gasteiger partial charge is 0.362 e. The summed E-state index contributed by atoms with van der Waals surface area (Å²) in [6.07, 6.45) is 0.977. The molecule has 1 aliphatic heterocycles. The molecule has 2 aromatic rings.